The van der Waals surface area contributed by atoms with Crippen LogP contribution in [0.25, 0.3) is 10.2 Å². The van der Waals surface area contributed by atoms with E-state index in [4.69, 9.17) is 0 Å². The summed E-state index contributed by atoms with van der Waals surface area (Å²) >= 11 is 1.63. The van der Waals surface area contributed by atoms with Gasteiger partial charge in [0.1, 0.15) is 10.5 Å². The van der Waals surface area contributed by atoms with E-state index in [0.717, 1.165) is 20.8 Å². The molecule has 1 aliphatic heterocycles. The highest BCUT2D eigenvalue weighted by Crippen LogP contribution is 2.32. The number of thiazole rings is 1. The molecule has 4 rings (SSSR count). The number of fused-ring (bicyclic) bond motifs is 1. The Balaban J connectivity index is 1.51. The van der Waals surface area contributed by atoms with Crippen LogP contribution in [0.2, 0.25) is 0 Å². The smallest absolute Gasteiger partial charge is 0.319 e. The molecule has 0 radical (unpaired) electrons. The van der Waals surface area contributed by atoms with E-state index in [1.807, 2.05) is 73.5 Å². The van der Waals surface area contributed by atoms with Gasteiger partial charge in [-0.05, 0) is 31.2 Å². The topological polar surface area (TPSA) is 65.5 Å². The predicted octanol–water partition coefficient (Wildman–Crippen LogP) is 3.54. The number of aromatic nitrogens is 1. The molecule has 1 saturated heterocycles. The summed E-state index contributed by atoms with van der Waals surface area (Å²) in [7, 11) is 1.89. The third-order valence-electron chi connectivity index (χ3n) is 5.10. The van der Waals surface area contributed by atoms with Gasteiger partial charge in [-0.15, -0.1) is 11.3 Å². The maximum absolute atomic E-state index is 13.2. The fourth-order valence-corrected chi connectivity index (χ4v) is 4.67. The monoisotopic (exact) mass is 394 g/mol. The summed E-state index contributed by atoms with van der Waals surface area (Å²) in [5.41, 5.74) is 0.793. The minimum atomic E-state index is -0.991. The van der Waals surface area contributed by atoms with Gasteiger partial charge in [-0.1, -0.05) is 49.4 Å². The number of hydrogen-bond donors (Lipinski definition) is 1. The molecular weight excluding hydrogens is 372 g/mol. The highest BCUT2D eigenvalue weighted by Gasteiger charge is 2.51. The molecule has 28 heavy (non-hydrogen) atoms. The van der Waals surface area contributed by atoms with Crippen LogP contribution in [0.4, 0.5) is 4.79 Å². The van der Waals surface area contributed by atoms with Crippen LogP contribution in [-0.4, -0.2) is 40.4 Å². The quantitative estimate of drug-likeness (QED) is 0.650. The molecule has 1 N–H and O–H groups in total. The molecule has 0 spiro atoms. The molecule has 7 heteroatoms. The van der Waals surface area contributed by atoms with E-state index in [9.17, 15) is 9.59 Å². The lowest BCUT2D eigenvalue weighted by Crippen LogP contribution is -2.44. The van der Waals surface area contributed by atoms with Gasteiger partial charge < -0.3 is 5.32 Å². The number of benzene rings is 2. The van der Waals surface area contributed by atoms with Crippen LogP contribution >= 0.6 is 11.3 Å². The van der Waals surface area contributed by atoms with Gasteiger partial charge in [0.05, 0.1) is 23.4 Å². The molecule has 2 heterocycles. The van der Waals surface area contributed by atoms with Crippen molar-refractivity contribution in [2.75, 3.05) is 13.7 Å². The van der Waals surface area contributed by atoms with Crippen molar-refractivity contribution in [1.82, 2.24) is 20.1 Å². The molecule has 3 aromatic rings. The second-order valence-electron chi connectivity index (χ2n) is 7.02. The van der Waals surface area contributed by atoms with Crippen LogP contribution in [0, 0.1) is 0 Å². The SMILES string of the molecule is CC[C@@]1(c2ccccc2)NC(=O)N(CN(C)Cc2nc3ccccc3s2)C1=O. The Morgan fingerprint density at radius 1 is 1.11 bits per heavy atom. The van der Waals surface area contributed by atoms with Crippen molar-refractivity contribution in [3.63, 3.8) is 0 Å². The third-order valence-corrected chi connectivity index (χ3v) is 6.12. The molecule has 0 aliphatic carbocycles. The number of nitrogens with one attached hydrogen (secondary N) is 1. The van der Waals surface area contributed by atoms with Gasteiger partial charge in [-0.25, -0.2) is 14.7 Å². The van der Waals surface area contributed by atoms with E-state index >= 15 is 0 Å². The van der Waals surface area contributed by atoms with Crippen molar-refractivity contribution >= 4 is 33.5 Å². The number of rotatable bonds is 6. The van der Waals surface area contributed by atoms with Gasteiger partial charge in [0.15, 0.2) is 0 Å². The lowest BCUT2D eigenvalue weighted by Gasteiger charge is -2.26. The fraction of sp³-hybridized carbons (Fsp3) is 0.286. The summed E-state index contributed by atoms with van der Waals surface area (Å²) in [5, 5.41) is 3.88. The molecule has 1 aromatic heterocycles. The largest absolute Gasteiger partial charge is 0.326 e. The van der Waals surface area contributed by atoms with Crippen molar-refractivity contribution < 1.29 is 9.59 Å². The first-order chi connectivity index (χ1) is 13.5. The van der Waals surface area contributed by atoms with Crippen LogP contribution in [0.5, 0.6) is 0 Å². The minimum Gasteiger partial charge on any atom is -0.319 e. The van der Waals surface area contributed by atoms with Crippen molar-refractivity contribution in [2.45, 2.75) is 25.4 Å². The number of carbonyl (C=O) groups is 2. The minimum absolute atomic E-state index is 0.206. The predicted molar refractivity (Wildman–Crippen MR) is 110 cm³/mol. The lowest BCUT2D eigenvalue weighted by atomic mass is 9.87. The molecule has 0 bridgehead atoms. The zero-order valence-electron chi connectivity index (χ0n) is 15.9. The number of nitrogens with zero attached hydrogens (tertiary/aromatic N) is 3. The first kappa shape index (κ1) is 18.6. The zero-order valence-corrected chi connectivity index (χ0v) is 16.7. The van der Waals surface area contributed by atoms with Gasteiger partial charge in [0.2, 0.25) is 0 Å². The third kappa shape index (κ3) is 3.16. The average molecular weight is 395 g/mol. The van der Waals surface area contributed by atoms with E-state index in [2.05, 4.69) is 10.3 Å². The molecule has 0 saturated carbocycles. The Hall–Kier alpha value is -2.77. The first-order valence-electron chi connectivity index (χ1n) is 9.26. The first-order valence-corrected chi connectivity index (χ1v) is 10.1. The Bertz CT molecular complexity index is 986. The molecule has 6 nitrogen and oxygen atoms in total. The highest BCUT2D eigenvalue weighted by atomic mass is 32.1. The van der Waals surface area contributed by atoms with Gasteiger partial charge in [-0.2, -0.15) is 0 Å². The number of carbonyl (C=O) groups excluding carboxylic acids is 2. The van der Waals surface area contributed by atoms with Crippen LogP contribution in [-0.2, 0) is 16.9 Å². The standard InChI is InChI=1S/C21H22N4O2S/c1-3-21(15-9-5-4-6-10-15)19(26)25(20(27)23-21)14-24(2)13-18-22-16-11-7-8-12-17(16)28-18/h4-12H,3,13-14H2,1-2H3,(H,23,27)/t21-/m0/s1. The number of hydrogen-bond acceptors (Lipinski definition) is 5. The van der Waals surface area contributed by atoms with Crippen molar-refractivity contribution in [2.24, 2.45) is 0 Å². The number of imide groups is 1. The van der Waals surface area contributed by atoms with Crippen molar-refractivity contribution in [1.29, 1.82) is 0 Å². The van der Waals surface area contributed by atoms with Crippen molar-refractivity contribution in [3.8, 4) is 0 Å². The normalized spacial score (nSPS) is 19.6. The van der Waals surface area contributed by atoms with Gasteiger partial charge in [-0.3, -0.25) is 9.69 Å². The van der Waals surface area contributed by atoms with E-state index in [1.165, 1.54) is 4.90 Å². The fourth-order valence-electron chi connectivity index (χ4n) is 3.63. The van der Waals surface area contributed by atoms with Gasteiger partial charge >= 0.3 is 6.03 Å². The van der Waals surface area contributed by atoms with E-state index < -0.39 is 5.54 Å². The maximum atomic E-state index is 13.2. The summed E-state index contributed by atoms with van der Waals surface area (Å²) in [5.74, 6) is -0.206. The van der Waals surface area contributed by atoms with Gasteiger partial charge in [0.25, 0.3) is 5.91 Å². The highest BCUT2D eigenvalue weighted by molar-refractivity contribution is 7.18. The summed E-state index contributed by atoms with van der Waals surface area (Å²) < 4.78 is 1.13. The Kier molecular flexibility index (Phi) is 4.87. The van der Waals surface area contributed by atoms with Gasteiger partial charge in [0, 0.05) is 0 Å². The zero-order chi connectivity index (χ0) is 19.7. The Morgan fingerprint density at radius 3 is 2.54 bits per heavy atom. The molecule has 1 aliphatic rings. The number of para-hydroxylation sites is 1. The maximum Gasteiger partial charge on any atom is 0.326 e. The molecular formula is C21H22N4O2S. The van der Waals surface area contributed by atoms with Crippen LogP contribution < -0.4 is 5.32 Å². The van der Waals surface area contributed by atoms with E-state index in [1.54, 1.807) is 11.3 Å². The van der Waals surface area contributed by atoms with Crippen LogP contribution in [0.15, 0.2) is 54.6 Å². The second kappa shape index (κ2) is 7.33. The molecule has 0 unspecified atom stereocenters. The summed E-state index contributed by atoms with van der Waals surface area (Å²) in [6.45, 7) is 2.70. The summed E-state index contributed by atoms with van der Waals surface area (Å²) in [6.07, 6.45) is 0.500. The molecule has 1 atom stereocenters. The van der Waals surface area contributed by atoms with Crippen LogP contribution in [0.1, 0.15) is 23.9 Å². The second-order valence-corrected chi connectivity index (χ2v) is 8.13. The Morgan fingerprint density at radius 2 is 1.82 bits per heavy atom. The van der Waals surface area contributed by atoms with E-state index in [0.29, 0.717) is 13.0 Å². The summed E-state index contributed by atoms with van der Waals surface area (Å²) in [4.78, 5) is 33.7. The van der Waals surface area contributed by atoms with Crippen LogP contribution in [0.3, 0.4) is 0 Å². The molecule has 2 aromatic carbocycles. The lowest BCUT2D eigenvalue weighted by molar-refractivity contribution is -0.133. The van der Waals surface area contributed by atoms with Crippen molar-refractivity contribution in [3.05, 3.63) is 65.2 Å². The number of urea groups is 1. The molecule has 144 valence electrons. The average Bonchev–Trinajstić information content (AvgIpc) is 3.22. The molecule has 3 amide bonds. The Labute approximate surface area is 167 Å². The molecule has 1 fully saturated rings. The van der Waals surface area contributed by atoms with E-state index in [-0.39, 0.29) is 18.6 Å². The number of amides is 3. The summed E-state index contributed by atoms with van der Waals surface area (Å²) in [6, 6.07) is 17.1.